The van der Waals surface area contributed by atoms with Crippen molar-refractivity contribution >= 4 is 31.4 Å². The van der Waals surface area contributed by atoms with E-state index in [1.54, 1.807) is 19.5 Å². The summed E-state index contributed by atoms with van der Waals surface area (Å²) in [5, 5.41) is 5.73. The number of nitrogens with two attached hydrogens (primary N) is 1. The van der Waals surface area contributed by atoms with Crippen LogP contribution in [0.3, 0.4) is 0 Å². The van der Waals surface area contributed by atoms with Crippen LogP contribution in [0, 0.1) is 6.92 Å². The third-order valence-electron chi connectivity index (χ3n) is 5.80. The minimum absolute atomic E-state index is 0.0609. The summed E-state index contributed by atoms with van der Waals surface area (Å²) in [6, 6.07) is 7.65. The van der Waals surface area contributed by atoms with Crippen molar-refractivity contribution in [3.63, 3.8) is 0 Å². The highest BCUT2D eigenvalue weighted by atomic mass is 32.2. The van der Waals surface area contributed by atoms with Gasteiger partial charge in [0.25, 0.3) is 5.56 Å². The number of fused-ring (bicyclic) bond motifs is 1. The standard InChI is InChI=1S/C25H29N3O6S2/c1-15(2)34-20(18-7-5-6-8-19(18)32-4)13-17-14-28(10-12-36(26,30)31)25(29)21-16(3)22(35-23(17)21)24-27-9-11-33-24/h5-9,11,14-15,20H,10,12-13H2,1-4H3,(H2,26,30,31)/t20-/m0/s1. The maximum Gasteiger partial charge on any atom is 0.259 e. The molecule has 0 aliphatic rings. The van der Waals surface area contributed by atoms with Crippen molar-refractivity contribution in [3.8, 4) is 16.5 Å². The Morgan fingerprint density at radius 3 is 2.64 bits per heavy atom. The molecule has 0 saturated carbocycles. The van der Waals surface area contributed by atoms with Crippen molar-refractivity contribution < 1.29 is 22.3 Å². The second kappa shape index (κ2) is 10.6. The number of hydrogen-bond donors (Lipinski definition) is 1. The summed E-state index contributed by atoms with van der Waals surface area (Å²) in [6.07, 6.45) is 4.72. The molecular weight excluding hydrogens is 502 g/mol. The summed E-state index contributed by atoms with van der Waals surface area (Å²) in [5.74, 6) is 0.770. The number of sulfonamides is 1. The average Bonchev–Trinajstić information content (AvgIpc) is 3.47. The average molecular weight is 532 g/mol. The van der Waals surface area contributed by atoms with Gasteiger partial charge in [0.05, 0.1) is 41.5 Å². The van der Waals surface area contributed by atoms with Crippen LogP contribution in [0.5, 0.6) is 5.75 Å². The molecule has 0 unspecified atom stereocenters. The molecule has 0 amide bonds. The first kappa shape index (κ1) is 26.1. The van der Waals surface area contributed by atoms with Crippen LogP contribution in [0.15, 0.2) is 52.1 Å². The van der Waals surface area contributed by atoms with Crippen molar-refractivity contribution in [1.82, 2.24) is 9.55 Å². The molecule has 0 fully saturated rings. The molecule has 0 bridgehead atoms. The highest BCUT2D eigenvalue weighted by Gasteiger charge is 2.25. The van der Waals surface area contributed by atoms with Gasteiger partial charge in [-0.3, -0.25) is 4.79 Å². The fourth-order valence-electron chi connectivity index (χ4n) is 4.21. The van der Waals surface area contributed by atoms with Gasteiger partial charge in [0.2, 0.25) is 15.9 Å². The first-order valence-corrected chi connectivity index (χ1v) is 14.0. The number of rotatable bonds is 10. The number of benzene rings is 1. The predicted octanol–water partition coefficient (Wildman–Crippen LogP) is 4.03. The number of aromatic nitrogens is 2. The summed E-state index contributed by atoms with van der Waals surface area (Å²) >= 11 is 1.42. The van der Waals surface area contributed by atoms with E-state index in [1.807, 2.05) is 45.0 Å². The second-order valence-corrected chi connectivity index (χ2v) is 11.5. The van der Waals surface area contributed by atoms with E-state index >= 15 is 0 Å². The van der Waals surface area contributed by atoms with Gasteiger partial charge in [-0.2, -0.15) is 0 Å². The molecule has 9 nitrogen and oxygen atoms in total. The third-order valence-corrected chi connectivity index (χ3v) is 7.90. The Bertz CT molecular complexity index is 1520. The van der Waals surface area contributed by atoms with E-state index in [0.29, 0.717) is 23.4 Å². The van der Waals surface area contributed by atoms with Crippen LogP contribution in [-0.4, -0.2) is 36.9 Å². The monoisotopic (exact) mass is 531 g/mol. The van der Waals surface area contributed by atoms with Crippen molar-refractivity contribution in [2.45, 2.75) is 45.9 Å². The van der Waals surface area contributed by atoms with Crippen molar-refractivity contribution in [3.05, 3.63) is 70.0 Å². The van der Waals surface area contributed by atoms with E-state index in [2.05, 4.69) is 4.98 Å². The molecule has 4 rings (SSSR count). The van der Waals surface area contributed by atoms with Crippen molar-refractivity contribution in [1.29, 1.82) is 0 Å². The van der Waals surface area contributed by atoms with E-state index in [1.165, 1.54) is 22.2 Å². The van der Waals surface area contributed by atoms with Gasteiger partial charge >= 0.3 is 0 Å². The zero-order valence-electron chi connectivity index (χ0n) is 20.6. The smallest absolute Gasteiger partial charge is 0.259 e. The van der Waals surface area contributed by atoms with Gasteiger partial charge in [0.15, 0.2) is 0 Å². The van der Waals surface area contributed by atoms with Crippen LogP contribution in [0.2, 0.25) is 0 Å². The van der Waals surface area contributed by atoms with Crippen LogP contribution in [0.1, 0.15) is 36.6 Å². The van der Waals surface area contributed by atoms with Gasteiger partial charge in [-0.15, -0.1) is 11.3 Å². The fraction of sp³-hybridized carbons (Fsp3) is 0.360. The first-order valence-electron chi connectivity index (χ1n) is 11.4. The lowest BCUT2D eigenvalue weighted by Gasteiger charge is -2.23. The van der Waals surface area contributed by atoms with E-state index in [9.17, 15) is 13.2 Å². The predicted molar refractivity (Wildman–Crippen MR) is 140 cm³/mol. The Morgan fingerprint density at radius 1 is 1.25 bits per heavy atom. The van der Waals surface area contributed by atoms with Gasteiger partial charge in [0, 0.05) is 29.4 Å². The highest BCUT2D eigenvalue weighted by molar-refractivity contribution is 7.89. The molecule has 0 aliphatic heterocycles. The third kappa shape index (κ3) is 5.54. The number of primary sulfonamides is 1. The Hall–Kier alpha value is -2.99. The molecule has 0 spiro atoms. The number of oxazole rings is 1. The lowest BCUT2D eigenvalue weighted by Crippen LogP contribution is -2.27. The van der Waals surface area contributed by atoms with Crippen LogP contribution in [-0.2, 0) is 27.7 Å². The number of para-hydroxylation sites is 1. The van der Waals surface area contributed by atoms with Gasteiger partial charge in [0.1, 0.15) is 12.0 Å². The first-order chi connectivity index (χ1) is 17.1. The molecule has 0 aliphatic carbocycles. The Morgan fingerprint density at radius 2 is 2.00 bits per heavy atom. The largest absolute Gasteiger partial charge is 0.496 e. The number of nitrogens with zero attached hydrogens (tertiary/aromatic N) is 2. The van der Waals surface area contributed by atoms with E-state index in [-0.39, 0.29) is 30.1 Å². The Balaban J connectivity index is 1.90. The van der Waals surface area contributed by atoms with E-state index in [4.69, 9.17) is 19.0 Å². The summed E-state index contributed by atoms with van der Waals surface area (Å²) < 4.78 is 42.9. The van der Waals surface area contributed by atoms with Crippen molar-refractivity contribution in [2.24, 2.45) is 5.14 Å². The normalized spacial score (nSPS) is 12.9. The van der Waals surface area contributed by atoms with Crippen LogP contribution in [0.25, 0.3) is 20.9 Å². The van der Waals surface area contributed by atoms with Gasteiger partial charge in [-0.05, 0) is 38.0 Å². The summed E-state index contributed by atoms with van der Waals surface area (Å²) in [5.41, 5.74) is 2.15. The second-order valence-electron chi connectivity index (χ2n) is 8.74. The van der Waals surface area contributed by atoms with E-state index < -0.39 is 10.0 Å². The van der Waals surface area contributed by atoms with Gasteiger partial charge < -0.3 is 18.5 Å². The number of aryl methyl sites for hydroxylation is 2. The minimum Gasteiger partial charge on any atom is -0.496 e. The maximum absolute atomic E-state index is 13.5. The van der Waals surface area contributed by atoms with Crippen molar-refractivity contribution in [2.75, 3.05) is 12.9 Å². The SMILES string of the molecule is COc1ccccc1[C@H](Cc1cn(CCS(N)(=O)=O)c(=O)c2c(C)c(-c3ncco3)sc12)OC(C)C. The van der Waals surface area contributed by atoms with Crippen LogP contribution in [0.4, 0.5) is 0 Å². The number of hydrogen-bond acceptors (Lipinski definition) is 8. The molecule has 1 aromatic carbocycles. The van der Waals surface area contributed by atoms with Crippen LogP contribution < -0.4 is 15.4 Å². The molecule has 3 heterocycles. The fourth-order valence-corrected chi connectivity index (χ4v) is 5.92. The molecule has 36 heavy (non-hydrogen) atoms. The quantitative estimate of drug-likeness (QED) is 0.327. The summed E-state index contributed by atoms with van der Waals surface area (Å²) in [4.78, 5) is 18.5. The topological polar surface area (TPSA) is 127 Å². The minimum atomic E-state index is -3.76. The van der Waals surface area contributed by atoms with E-state index in [0.717, 1.165) is 26.3 Å². The molecule has 0 radical (unpaired) electrons. The number of methoxy groups -OCH3 is 1. The maximum atomic E-state index is 13.5. The zero-order chi connectivity index (χ0) is 26.0. The molecule has 1 atom stereocenters. The molecular formula is C25H29N3O6S2. The number of thiophene rings is 1. The molecule has 4 aromatic rings. The molecule has 3 aromatic heterocycles. The Labute approximate surface area is 213 Å². The number of pyridine rings is 1. The number of ether oxygens (including phenoxy) is 2. The van der Waals surface area contributed by atoms with Gasteiger partial charge in [-0.1, -0.05) is 18.2 Å². The lowest BCUT2D eigenvalue weighted by atomic mass is 9.99. The highest BCUT2D eigenvalue weighted by Crippen LogP contribution is 2.40. The lowest BCUT2D eigenvalue weighted by molar-refractivity contribution is 0.00578. The summed E-state index contributed by atoms with van der Waals surface area (Å²) in [6.45, 7) is 5.70. The Kier molecular flexibility index (Phi) is 7.65. The van der Waals surface area contributed by atoms with Crippen LogP contribution >= 0.6 is 11.3 Å². The molecule has 2 N–H and O–H groups in total. The summed E-state index contributed by atoms with van der Waals surface area (Å²) in [7, 11) is -2.15. The zero-order valence-corrected chi connectivity index (χ0v) is 22.2. The molecule has 0 saturated heterocycles. The van der Waals surface area contributed by atoms with Gasteiger partial charge in [-0.25, -0.2) is 18.5 Å². The molecule has 192 valence electrons. The molecule has 11 heteroatoms.